The molecular formula is C16H18N2O2. The number of hydrogen-bond acceptors (Lipinski definition) is 3. The smallest absolute Gasteiger partial charge is 0.248 e. The van der Waals surface area contributed by atoms with Crippen molar-refractivity contribution in [3.63, 3.8) is 0 Å². The van der Waals surface area contributed by atoms with Gasteiger partial charge in [0.2, 0.25) is 5.91 Å². The average molecular weight is 270 g/mol. The van der Waals surface area contributed by atoms with E-state index in [0.29, 0.717) is 5.75 Å². The van der Waals surface area contributed by atoms with Gasteiger partial charge >= 0.3 is 0 Å². The van der Waals surface area contributed by atoms with Gasteiger partial charge in [-0.05, 0) is 17.7 Å². The Hall–Kier alpha value is -2.33. The first-order valence-electron chi connectivity index (χ1n) is 6.35. The molecule has 4 nitrogen and oxygen atoms in total. The summed E-state index contributed by atoms with van der Waals surface area (Å²) in [5, 5.41) is 0. The number of amides is 1. The first-order chi connectivity index (χ1) is 9.63. The van der Waals surface area contributed by atoms with Crippen molar-refractivity contribution in [1.29, 1.82) is 0 Å². The molecule has 4 heteroatoms. The van der Waals surface area contributed by atoms with Gasteiger partial charge < -0.3 is 15.4 Å². The van der Waals surface area contributed by atoms with Crippen molar-refractivity contribution in [2.75, 3.05) is 19.1 Å². The second-order valence-corrected chi connectivity index (χ2v) is 4.49. The Bertz CT molecular complexity index is 584. The van der Waals surface area contributed by atoms with Crippen molar-refractivity contribution < 1.29 is 9.53 Å². The Morgan fingerprint density at radius 2 is 1.85 bits per heavy atom. The summed E-state index contributed by atoms with van der Waals surface area (Å²) < 4.78 is 5.16. The van der Waals surface area contributed by atoms with Crippen LogP contribution < -0.4 is 15.4 Å². The minimum atomic E-state index is -0.674. The maximum atomic E-state index is 12.4. The summed E-state index contributed by atoms with van der Waals surface area (Å²) in [4.78, 5) is 13.9. The molecule has 1 atom stereocenters. The third kappa shape index (κ3) is 2.97. The highest BCUT2D eigenvalue weighted by Gasteiger charge is 2.20. The van der Waals surface area contributed by atoms with Crippen LogP contribution in [-0.4, -0.2) is 20.1 Å². The van der Waals surface area contributed by atoms with Gasteiger partial charge in [-0.25, -0.2) is 0 Å². The molecule has 0 radical (unpaired) electrons. The maximum absolute atomic E-state index is 12.4. The fourth-order valence-electron chi connectivity index (χ4n) is 1.96. The quantitative estimate of drug-likeness (QED) is 0.928. The molecule has 2 rings (SSSR count). The van der Waals surface area contributed by atoms with Crippen LogP contribution in [0, 0.1) is 0 Å². The highest BCUT2D eigenvalue weighted by molar-refractivity contribution is 5.97. The minimum absolute atomic E-state index is 0.163. The number of carbonyl (C=O) groups is 1. The molecule has 0 spiro atoms. The first kappa shape index (κ1) is 14.1. The molecule has 2 N–H and O–H groups in total. The van der Waals surface area contributed by atoms with Gasteiger partial charge in [0.25, 0.3) is 0 Å². The highest BCUT2D eigenvalue weighted by Crippen LogP contribution is 2.22. The van der Waals surface area contributed by atoms with Gasteiger partial charge in [-0.15, -0.1) is 0 Å². The van der Waals surface area contributed by atoms with Gasteiger partial charge in [-0.2, -0.15) is 0 Å². The van der Waals surface area contributed by atoms with Crippen LogP contribution >= 0.6 is 0 Å². The van der Waals surface area contributed by atoms with E-state index in [9.17, 15) is 4.79 Å². The second-order valence-electron chi connectivity index (χ2n) is 4.49. The summed E-state index contributed by atoms with van der Waals surface area (Å²) in [5.41, 5.74) is 7.57. The zero-order valence-corrected chi connectivity index (χ0v) is 11.6. The molecule has 0 unspecified atom stereocenters. The predicted molar refractivity (Wildman–Crippen MR) is 79.8 cm³/mol. The fraction of sp³-hybridized carbons (Fsp3) is 0.188. The zero-order valence-electron chi connectivity index (χ0n) is 11.6. The Kier molecular flexibility index (Phi) is 4.38. The number of anilines is 1. The molecule has 0 aliphatic rings. The van der Waals surface area contributed by atoms with Crippen molar-refractivity contribution in [3.05, 3.63) is 60.2 Å². The molecule has 0 heterocycles. The number of ether oxygens (including phenoxy) is 1. The van der Waals surface area contributed by atoms with Crippen LogP contribution in [0.25, 0.3) is 0 Å². The number of nitrogens with two attached hydrogens (primary N) is 1. The number of benzene rings is 2. The van der Waals surface area contributed by atoms with Crippen LogP contribution in [0.4, 0.5) is 5.69 Å². The molecule has 0 aromatic heterocycles. The normalized spacial score (nSPS) is 11.8. The third-order valence-corrected chi connectivity index (χ3v) is 3.20. The Balaban J connectivity index is 2.19. The SMILES string of the molecule is COc1cccc(N(C)C(=O)[C@@H](N)c2ccccc2)c1. The van der Waals surface area contributed by atoms with E-state index in [1.54, 1.807) is 25.1 Å². The fourth-order valence-corrected chi connectivity index (χ4v) is 1.96. The summed E-state index contributed by atoms with van der Waals surface area (Å²) in [6.45, 7) is 0. The average Bonchev–Trinajstić information content (AvgIpc) is 2.53. The van der Waals surface area contributed by atoms with Crippen LogP contribution in [0.1, 0.15) is 11.6 Å². The predicted octanol–water partition coefficient (Wildman–Crippen LogP) is 2.36. The number of likely N-dealkylation sites (N-methyl/N-ethyl adjacent to an activating group) is 1. The summed E-state index contributed by atoms with van der Waals surface area (Å²) in [6.07, 6.45) is 0. The zero-order chi connectivity index (χ0) is 14.5. The molecule has 1 amide bonds. The lowest BCUT2D eigenvalue weighted by Gasteiger charge is -2.22. The lowest BCUT2D eigenvalue weighted by Crippen LogP contribution is -2.35. The van der Waals surface area contributed by atoms with Crippen molar-refractivity contribution in [2.45, 2.75) is 6.04 Å². The number of rotatable bonds is 4. The van der Waals surface area contributed by atoms with E-state index in [0.717, 1.165) is 11.3 Å². The minimum Gasteiger partial charge on any atom is -0.497 e. The molecule has 0 aliphatic carbocycles. The summed E-state index contributed by atoms with van der Waals surface area (Å²) in [6, 6.07) is 16.0. The van der Waals surface area contributed by atoms with E-state index in [-0.39, 0.29) is 5.91 Å². The molecule has 0 saturated carbocycles. The standard InChI is InChI=1S/C16H18N2O2/c1-18(13-9-6-10-14(11-13)20-2)16(19)15(17)12-7-4-3-5-8-12/h3-11,15H,17H2,1-2H3/t15-/m0/s1. The highest BCUT2D eigenvalue weighted by atomic mass is 16.5. The summed E-state index contributed by atoms with van der Waals surface area (Å²) in [5.74, 6) is 0.542. The van der Waals surface area contributed by atoms with Gasteiger partial charge in [0, 0.05) is 18.8 Å². The van der Waals surface area contributed by atoms with E-state index >= 15 is 0 Å². The molecular weight excluding hydrogens is 252 g/mol. The van der Waals surface area contributed by atoms with Crippen molar-refractivity contribution in [1.82, 2.24) is 0 Å². The Labute approximate surface area is 118 Å². The van der Waals surface area contributed by atoms with Crippen LogP contribution in [0.2, 0.25) is 0 Å². The molecule has 20 heavy (non-hydrogen) atoms. The molecule has 2 aromatic carbocycles. The van der Waals surface area contributed by atoms with E-state index in [2.05, 4.69) is 0 Å². The van der Waals surface area contributed by atoms with Crippen LogP contribution in [0.15, 0.2) is 54.6 Å². The lowest BCUT2D eigenvalue weighted by molar-refractivity contribution is -0.119. The van der Waals surface area contributed by atoms with Crippen molar-refractivity contribution in [2.24, 2.45) is 5.73 Å². The van der Waals surface area contributed by atoms with Gasteiger partial charge in [-0.3, -0.25) is 4.79 Å². The number of methoxy groups -OCH3 is 1. The van der Waals surface area contributed by atoms with Crippen molar-refractivity contribution in [3.8, 4) is 5.75 Å². The molecule has 0 aliphatic heterocycles. The van der Waals surface area contributed by atoms with E-state index in [4.69, 9.17) is 10.5 Å². The van der Waals surface area contributed by atoms with Gasteiger partial charge in [0.15, 0.2) is 0 Å². The van der Waals surface area contributed by atoms with E-state index in [1.807, 2.05) is 48.5 Å². The van der Waals surface area contributed by atoms with Crippen molar-refractivity contribution >= 4 is 11.6 Å². The van der Waals surface area contributed by atoms with Crippen LogP contribution in [-0.2, 0) is 4.79 Å². The van der Waals surface area contributed by atoms with Gasteiger partial charge in [0.1, 0.15) is 11.8 Å². The molecule has 0 bridgehead atoms. The second kappa shape index (κ2) is 6.21. The molecule has 0 fully saturated rings. The van der Waals surface area contributed by atoms with Crippen LogP contribution in [0.3, 0.4) is 0 Å². The van der Waals surface area contributed by atoms with Crippen LogP contribution in [0.5, 0.6) is 5.75 Å². The summed E-state index contributed by atoms with van der Waals surface area (Å²) >= 11 is 0. The van der Waals surface area contributed by atoms with E-state index in [1.165, 1.54) is 0 Å². The maximum Gasteiger partial charge on any atom is 0.248 e. The number of hydrogen-bond donors (Lipinski definition) is 1. The first-order valence-corrected chi connectivity index (χ1v) is 6.35. The summed E-state index contributed by atoms with van der Waals surface area (Å²) in [7, 11) is 3.30. The number of nitrogens with zero attached hydrogens (tertiary/aromatic N) is 1. The molecule has 104 valence electrons. The van der Waals surface area contributed by atoms with E-state index < -0.39 is 6.04 Å². The largest absolute Gasteiger partial charge is 0.497 e. The number of carbonyl (C=O) groups excluding carboxylic acids is 1. The van der Waals surface area contributed by atoms with Gasteiger partial charge in [-0.1, -0.05) is 36.4 Å². The Morgan fingerprint density at radius 1 is 1.15 bits per heavy atom. The topological polar surface area (TPSA) is 55.6 Å². The Morgan fingerprint density at radius 3 is 2.50 bits per heavy atom. The lowest BCUT2D eigenvalue weighted by atomic mass is 10.1. The van der Waals surface area contributed by atoms with Gasteiger partial charge in [0.05, 0.1) is 7.11 Å². The third-order valence-electron chi connectivity index (χ3n) is 3.20. The monoisotopic (exact) mass is 270 g/mol. The molecule has 2 aromatic rings. The molecule has 0 saturated heterocycles.